The van der Waals surface area contributed by atoms with Crippen LogP contribution in [0.1, 0.15) is 37.8 Å². The summed E-state index contributed by atoms with van der Waals surface area (Å²) in [5.74, 6) is 1.96. The van der Waals surface area contributed by atoms with Gasteiger partial charge in [-0.25, -0.2) is 4.79 Å². The Morgan fingerprint density at radius 2 is 1.45 bits per heavy atom. The highest BCUT2D eigenvalue weighted by Crippen LogP contribution is 2.61. The van der Waals surface area contributed by atoms with E-state index in [-0.39, 0.29) is 30.5 Å². The minimum atomic E-state index is -1.85. The Kier molecular flexibility index (Phi) is 5.27. The number of nitrogens with zero attached hydrogens (tertiary/aromatic N) is 1. The van der Waals surface area contributed by atoms with Crippen molar-refractivity contribution in [3.8, 4) is 11.5 Å². The van der Waals surface area contributed by atoms with Crippen LogP contribution in [0.4, 0.5) is 0 Å². The number of halogens is 1. The number of hydrogen-bond donors (Lipinski definition) is 1. The summed E-state index contributed by atoms with van der Waals surface area (Å²) in [6.07, 6.45) is 2.96. The number of para-hydroxylation sites is 2. The second-order valence-corrected chi connectivity index (χ2v) is 9.63. The quantitative estimate of drug-likeness (QED) is 0.503. The van der Waals surface area contributed by atoms with Gasteiger partial charge in [-0.2, -0.15) is 0 Å². The lowest BCUT2D eigenvalue weighted by Crippen LogP contribution is -3.00. The molecule has 0 amide bonds. The molecule has 1 saturated carbocycles. The van der Waals surface area contributed by atoms with E-state index in [0.29, 0.717) is 34.7 Å². The van der Waals surface area contributed by atoms with E-state index in [0.717, 1.165) is 29.2 Å². The Morgan fingerprint density at radius 3 is 1.97 bits per heavy atom. The molecular formula is C25H30BrNO4. The van der Waals surface area contributed by atoms with Gasteiger partial charge in [0.25, 0.3) is 0 Å². The van der Waals surface area contributed by atoms with Crippen molar-refractivity contribution in [2.75, 3.05) is 14.1 Å². The van der Waals surface area contributed by atoms with Crippen molar-refractivity contribution in [2.45, 2.75) is 50.5 Å². The van der Waals surface area contributed by atoms with E-state index in [1.54, 1.807) is 24.3 Å². The zero-order valence-electron chi connectivity index (χ0n) is 17.1. The van der Waals surface area contributed by atoms with Gasteiger partial charge >= 0.3 is 5.97 Å². The Morgan fingerprint density at radius 1 is 0.968 bits per heavy atom. The van der Waals surface area contributed by atoms with Crippen LogP contribution in [0.15, 0.2) is 48.5 Å². The van der Waals surface area contributed by atoms with E-state index in [1.165, 1.54) is 6.42 Å². The van der Waals surface area contributed by atoms with Gasteiger partial charge in [0.05, 0.1) is 26.2 Å². The number of rotatable bonds is 2. The highest BCUT2D eigenvalue weighted by Gasteiger charge is 2.68. The van der Waals surface area contributed by atoms with Crippen molar-refractivity contribution in [3.63, 3.8) is 0 Å². The Balaban J connectivity index is 0.00000116. The second-order valence-electron chi connectivity index (χ2n) is 9.63. The number of aliphatic hydroxyl groups is 1. The Bertz CT molecular complexity index is 957. The zero-order valence-corrected chi connectivity index (χ0v) is 18.7. The highest BCUT2D eigenvalue weighted by atomic mass is 79.9. The predicted molar refractivity (Wildman–Crippen MR) is 113 cm³/mol. The maximum Gasteiger partial charge on any atom is 0.348 e. The molecule has 2 saturated heterocycles. The van der Waals surface area contributed by atoms with Crippen molar-refractivity contribution >= 4 is 5.97 Å². The molecule has 1 N–H and O–H groups in total. The third-order valence-electron chi connectivity index (χ3n) is 7.94. The third-order valence-corrected chi connectivity index (χ3v) is 7.94. The first-order chi connectivity index (χ1) is 13.9. The van der Waals surface area contributed by atoms with Gasteiger partial charge < -0.3 is 36.0 Å². The summed E-state index contributed by atoms with van der Waals surface area (Å²) in [6, 6.07) is 15.4. The van der Waals surface area contributed by atoms with Crippen LogP contribution in [0.2, 0.25) is 0 Å². The number of ether oxygens (including phenoxy) is 2. The van der Waals surface area contributed by atoms with Gasteiger partial charge in [0, 0.05) is 35.8 Å². The second kappa shape index (κ2) is 7.32. The van der Waals surface area contributed by atoms with Gasteiger partial charge in [-0.3, -0.25) is 0 Å². The predicted octanol–water partition coefficient (Wildman–Crippen LogP) is 0.837. The summed E-state index contributed by atoms with van der Waals surface area (Å²) >= 11 is 0. The van der Waals surface area contributed by atoms with Crippen LogP contribution < -0.4 is 21.7 Å². The van der Waals surface area contributed by atoms with Crippen LogP contribution in [0.5, 0.6) is 11.5 Å². The first-order valence-corrected chi connectivity index (χ1v) is 10.5. The first-order valence-electron chi connectivity index (χ1n) is 10.5. The van der Waals surface area contributed by atoms with Crippen molar-refractivity contribution in [1.82, 2.24) is 0 Å². The van der Waals surface area contributed by atoms with Crippen molar-refractivity contribution in [1.29, 1.82) is 0 Å². The average Bonchev–Trinajstić information content (AvgIpc) is 3.46. The molecule has 166 valence electrons. The lowest BCUT2D eigenvalue weighted by Gasteiger charge is -2.46. The Labute approximate surface area is 194 Å². The summed E-state index contributed by atoms with van der Waals surface area (Å²) in [7, 11) is 4.63. The van der Waals surface area contributed by atoms with Crippen molar-refractivity contribution < 1.29 is 40.8 Å². The number of fused-ring (bicyclic) bond motifs is 7. The molecule has 0 spiro atoms. The number of carbonyl (C=O) groups excluding carboxylic acids is 1. The van der Waals surface area contributed by atoms with Gasteiger partial charge in [0.2, 0.25) is 5.60 Å². The maximum absolute atomic E-state index is 13.5. The highest BCUT2D eigenvalue weighted by molar-refractivity contribution is 5.88. The van der Waals surface area contributed by atoms with Crippen LogP contribution in [-0.2, 0) is 15.1 Å². The summed E-state index contributed by atoms with van der Waals surface area (Å²) < 4.78 is 13.0. The molecule has 5 atom stereocenters. The summed E-state index contributed by atoms with van der Waals surface area (Å²) in [6.45, 7) is 0. The summed E-state index contributed by atoms with van der Waals surface area (Å²) in [4.78, 5) is 13.5. The van der Waals surface area contributed by atoms with Crippen LogP contribution in [-0.4, -0.2) is 47.8 Å². The summed E-state index contributed by atoms with van der Waals surface area (Å²) in [5, 5.41) is 11.7. The van der Waals surface area contributed by atoms with Gasteiger partial charge in [-0.1, -0.05) is 43.8 Å². The summed E-state index contributed by atoms with van der Waals surface area (Å²) in [5.41, 5.74) is -0.960. The number of quaternary nitrogens is 1. The molecule has 31 heavy (non-hydrogen) atoms. The molecule has 2 aromatic carbocycles. The molecule has 4 aliphatic rings. The molecule has 6 heteroatoms. The first kappa shape index (κ1) is 22.3. The molecule has 2 bridgehead atoms. The minimum absolute atomic E-state index is 0. The van der Waals surface area contributed by atoms with Gasteiger partial charge in [-0.15, -0.1) is 0 Å². The fourth-order valence-corrected chi connectivity index (χ4v) is 6.41. The topological polar surface area (TPSA) is 55.8 Å². The number of esters is 1. The lowest BCUT2D eigenvalue weighted by molar-refractivity contribution is -0.937. The number of carbonyl (C=O) groups is 1. The Hall–Kier alpha value is -1.89. The zero-order chi connectivity index (χ0) is 20.0. The molecule has 3 heterocycles. The molecule has 1 aliphatic carbocycles. The van der Waals surface area contributed by atoms with Gasteiger partial charge in [0.1, 0.15) is 17.6 Å². The molecule has 3 fully saturated rings. The fraction of sp³-hybridized carbons (Fsp3) is 0.480. The normalized spacial score (nSPS) is 32.0. The number of hydrogen-bond acceptors (Lipinski definition) is 4. The van der Waals surface area contributed by atoms with E-state index in [2.05, 4.69) is 14.1 Å². The number of benzene rings is 2. The van der Waals surface area contributed by atoms with Crippen LogP contribution in [0.25, 0.3) is 0 Å². The minimum Gasteiger partial charge on any atom is -1.00 e. The van der Waals surface area contributed by atoms with Crippen molar-refractivity contribution in [2.24, 2.45) is 11.8 Å². The van der Waals surface area contributed by atoms with E-state index in [4.69, 9.17) is 9.47 Å². The number of piperidine rings is 2. The molecule has 3 unspecified atom stereocenters. The van der Waals surface area contributed by atoms with Crippen LogP contribution >= 0.6 is 0 Å². The largest absolute Gasteiger partial charge is 1.00 e. The van der Waals surface area contributed by atoms with E-state index < -0.39 is 11.6 Å². The smallest absolute Gasteiger partial charge is 0.348 e. The van der Waals surface area contributed by atoms with E-state index in [1.807, 2.05) is 24.3 Å². The SMILES string of the molecule is C.C[N+]1(C)C2CC(OC(=O)C3(O)c4ccccc4Oc4ccccc43)C[C@H]1[C@H]1CC21.[Br-]. The molecule has 0 radical (unpaired) electrons. The molecule has 2 aromatic rings. The van der Waals surface area contributed by atoms with E-state index >= 15 is 0 Å². The molecular weight excluding hydrogens is 458 g/mol. The van der Waals surface area contributed by atoms with Crippen LogP contribution in [0, 0.1) is 11.8 Å². The van der Waals surface area contributed by atoms with Crippen molar-refractivity contribution in [3.05, 3.63) is 59.7 Å². The van der Waals surface area contributed by atoms with E-state index in [9.17, 15) is 9.90 Å². The fourth-order valence-electron chi connectivity index (χ4n) is 6.41. The third kappa shape index (κ3) is 2.99. The van der Waals surface area contributed by atoms with Gasteiger partial charge in [0.15, 0.2) is 0 Å². The standard InChI is InChI=1S/C24H26NO4.CH4.BrH/c1-25(2)19-11-14(12-20(25)16-13-15(16)19)28-23(26)24(27)17-7-3-5-9-21(17)29-22-10-6-4-8-18(22)24;;/h3-10,14-16,19-20,27H,11-13H2,1-2H3;1H4;1H/q+1;;/p-1/t14?,15-,16?,19-,20?;;/m0../s1. The lowest BCUT2D eigenvalue weighted by atomic mass is 9.83. The average molecular weight is 488 g/mol. The molecule has 3 aliphatic heterocycles. The van der Waals surface area contributed by atoms with Gasteiger partial charge in [-0.05, 0) is 18.6 Å². The molecule has 6 rings (SSSR count). The molecule has 0 aromatic heterocycles. The maximum atomic E-state index is 13.5. The van der Waals surface area contributed by atoms with Crippen LogP contribution in [0.3, 0.4) is 0 Å². The molecule has 5 nitrogen and oxygen atoms in total. The monoisotopic (exact) mass is 487 g/mol.